The molecule has 8 nitrogen and oxygen atoms in total. The zero-order valence-electron chi connectivity index (χ0n) is 17.9. The SMILES string of the molecule is CC(=O)c1ccc(NC(=O)C[C@@H]2C(=O)N(Cc3cccnc3)c3nc4ccccc4n32)cc1. The fourth-order valence-corrected chi connectivity index (χ4v) is 4.10. The summed E-state index contributed by atoms with van der Waals surface area (Å²) in [5.41, 5.74) is 3.58. The standard InChI is InChI=1S/C25H21N5O3/c1-16(31)18-8-10-19(11-9-18)27-23(32)13-22-24(33)29(15-17-5-4-12-26-14-17)25-28-20-6-2-3-7-21(20)30(22)25/h2-12,14,22H,13,15H2,1H3,(H,27,32)/t22-/m1/s1. The average molecular weight is 439 g/mol. The second-order valence-electron chi connectivity index (χ2n) is 7.96. The lowest BCUT2D eigenvalue weighted by atomic mass is 10.1. The molecule has 5 rings (SSSR count). The molecular weight excluding hydrogens is 418 g/mol. The van der Waals surface area contributed by atoms with Gasteiger partial charge >= 0.3 is 0 Å². The lowest BCUT2D eigenvalue weighted by molar-refractivity contribution is -0.124. The van der Waals surface area contributed by atoms with E-state index in [0.717, 1.165) is 16.6 Å². The van der Waals surface area contributed by atoms with Gasteiger partial charge in [-0.3, -0.25) is 28.8 Å². The Hall–Kier alpha value is -4.33. The summed E-state index contributed by atoms with van der Waals surface area (Å²) < 4.78 is 1.84. The Morgan fingerprint density at radius 1 is 1.03 bits per heavy atom. The first-order valence-corrected chi connectivity index (χ1v) is 10.6. The summed E-state index contributed by atoms with van der Waals surface area (Å²) >= 11 is 0. The van der Waals surface area contributed by atoms with E-state index in [9.17, 15) is 14.4 Å². The van der Waals surface area contributed by atoms with Crippen LogP contribution in [-0.2, 0) is 16.1 Å². The number of Topliss-reactive ketones (excluding diaryl/α,β-unsaturated/α-hetero) is 1. The highest BCUT2D eigenvalue weighted by molar-refractivity contribution is 6.05. The Labute approximate surface area is 189 Å². The topological polar surface area (TPSA) is 97.2 Å². The van der Waals surface area contributed by atoms with E-state index >= 15 is 0 Å². The molecule has 0 spiro atoms. The van der Waals surface area contributed by atoms with Crippen molar-refractivity contribution >= 4 is 40.3 Å². The van der Waals surface area contributed by atoms with Crippen LogP contribution in [0.4, 0.5) is 11.6 Å². The minimum Gasteiger partial charge on any atom is -0.326 e. The fourth-order valence-electron chi connectivity index (χ4n) is 4.10. The monoisotopic (exact) mass is 439 g/mol. The second-order valence-corrected chi connectivity index (χ2v) is 7.96. The van der Waals surface area contributed by atoms with Crippen LogP contribution in [0.3, 0.4) is 0 Å². The third kappa shape index (κ3) is 3.87. The largest absolute Gasteiger partial charge is 0.326 e. The highest BCUT2D eigenvalue weighted by Gasteiger charge is 2.40. The van der Waals surface area contributed by atoms with Crippen molar-refractivity contribution in [2.24, 2.45) is 0 Å². The van der Waals surface area contributed by atoms with Gasteiger partial charge in [0.2, 0.25) is 11.9 Å². The number of fused-ring (bicyclic) bond motifs is 3. The maximum absolute atomic E-state index is 13.4. The van der Waals surface area contributed by atoms with Crippen LogP contribution in [0.1, 0.15) is 35.3 Å². The van der Waals surface area contributed by atoms with E-state index in [-0.39, 0.29) is 24.0 Å². The quantitative estimate of drug-likeness (QED) is 0.462. The van der Waals surface area contributed by atoms with Crippen molar-refractivity contribution in [3.05, 3.63) is 84.2 Å². The second kappa shape index (κ2) is 8.31. The van der Waals surface area contributed by atoms with E-state index in [1.165, 1.54) is 6.92 Å². The molecule has 4 aromatic rings. The van der Waals surface area contributed by atoms with E-state index in [1.54, 1.807) is 41.6 Å². The number of amides is 2. The molecular formula is C25H21N5O3. The van der Waals surface area contributed by atoms with Crippen molar-refractivity contribution in [3.63, 3.8) is 0 Å². The Kier molecular flexibility index (Phi) is 5.18. The number of nitrogens with one attached hydrogen (secondary N) is 1. The number of carbonyl (C=O) groups excluding carboxylic acids is 3. The van der Waals surface area contributed by atoms with Gasteiger partial charge in [-0.25, -0.2) is 4.98 Å². The van der Waals surface area contributed by atoms with E-state index in [0.29, 0.717) is 23.7 Å². The van der Waals surface area contributed by atoms with Gasteiger partial charge in [0, 0.05) is 23.6 Å². The fraction of sp³-hybridized carbons (Fsp3) is 0.160. The molecule has 0 aliphatic carbocycles. The molecule has 164 valence electrons. The number of rotatable bonds is 6. The molecule has 8 heteroatoms. The number of anilines is 2. The number of ketones is 1. The Bertz CT molecular complexity index is 1360. The predicted molar refractivity (Wildman–Crippen MR) is 124 cm³/mol. The molecule has 2 aromatic carbocycles. The molecule has 0 unspecified atom stereocenters. The van der Waals surface area contributed by atoms with Gasteiger partial charge in [0.05, 0.1) is 24.0 Å². The van der Waals surface area contributed by atoms with Crippen LogP contribution in [0.15, 0.2) is 73.1 Å². The van der Waals surface area contributed by atoms with Crippen LogP contribution >= 0.6 is 0 Å². The first-order chi connectivity index (χ1) is 16.0. The summed E-state index contributed by atoms with van der Waals surface area (Å²) in [6.45, 7) is 1.81. The summed E-state index contributed by atoms with van der Waals surface area (Å²) in [5, 5.41) is 2.83. The molecule has 0 fully saturated rings. The van der Waals surface area contributed by atoms with Gasteiger partial charge in [0.15, 0.2) is 5.78 Å². The van der Waals surface area contributed by atoms with Crippen LogP contribution in [0.5, 0.6) is 0 Å². The van der Waals surface area contributed by atoms with Gasteiger partial charge in [-0.05, 0) is 55.0 Å². The van der Waals surface area contributed by atoms with Crippen LogP contribution in [0.2, 0.25) is 0 Å². The first-order valence-electron chi connectivity index (χ1n) is 10.6. The summed E-state index contributed by atoms with van der Waals surface area (Å²) in [5.74, 6) is -0.00335. The molecule has 2 aromatic heterocycles. The number of nitrogens with zero attached hydrogens (tertiary/aromatic N) is 4. The molecule has 1 atom stereocenters. The van der Waals surface area contributed by atoms with Crippen molar-refractivity contribution < 1.29 is 14.4 Å². The number of pyridine rings is 1. The van der Waals surface area contributed by atoms with Crippen molar-refractivity contribution in [1.29, 1.82) is 0 Å². The van der Waals surface area contributed by atoms with Gasteiger partial charge in [-0.15, -0.1) is 0 Å². The molecule has 0 saturated carbocycles. The Balaban J connectivity index is 1.43. The smallest absolute Gasteiger partial charge is 0.253 e. The number of imidazole rings is 1. The van der Waals surface area contributed by atoms with Crippen LogP contribution in [0, 0.1) is 0 Å². The molecule has 0 radical (unpaired) electrons. The minimum atomic E-state index is -0.708. The first kappa shape index (κ1) is 20.6. The van der Waals surface area contributed by atoms with Gasteiger partial charge in [-0.2, -0.15) is 0 Å². The molecule has 0 bridgehead atoms. The number of carbonyl (C=O) groups is 3. The molecule has 33 heavy (non-hydrogen) atoms. The van der Waals surface area contributed by atoms with Crippen LogP contribution in [-0.4, -0.2) is 32.1 Å². The maximum atomic E-state index is 13.4. The summed E-state index contributed by atoms with van der Waals surface area (Å²) in [7, 11) is 0. The van der Waals surface area contributed by atoms with E-state index in [4.69, 9.17) is 0 Å². The van der Waals surface area contributed by atoms with Crippen molar-refractivity contribution in [2.75, 3.05) is 10.2 Å². The predicted octanol–water partition coefficient (Wildman–Crippen LogP) is 3.75. The van der Waals surface area contributed by atoms with Crippen molar-refractivity contribution in [2.45, 2.75) is 25.9 Å². The highest BCUT2D eigenvalue weighted by atomic mass is 16.2. The molecule has 3 heterocycles. The lowest BCUT2D eigenvalue weighted by Gasteiger charge is -2.16. The van der Waals surface area contributed by atoms with Gasteiger partial charge < -0.3 is 5.32 Å². The number of para-hydroxylation sites is 2. The molecule has 1 aliphatic rings. The van der Waals surface area contributed by atoms with E-state index < -0.39 is 6.04 Å². The number of benzene rings is 2. The third-order valence-electron chi connectivity index (χ3n) is 5.70. The summed E-state index contributed by atoms with van der Waals surface area (Å²) in [6.07, 6.45) is 3.36. The molecule has 1 N–H and O–H groups in total. The van der Waals surface area contributed by atoms with Crippen LogP contribution < -0.4 is 10.2 Å². The minimum absolute atomic E-state index is 0.0375. The highest BCUT2D eigenvalue weighted by Crippen LogP contribution is 2.37. The zero-order valence-corrected chi connectivity index (χ0v) is 17.9. The normalized spacial score (nSPS) is 15.0. The number of hydrogen-bond acceptors (Lipinski definition) is 5. The van der Waals surface area contributed by atoms with Crippen molar-refractivity contribution in [3.8, 4) is 0 Å². The Morgan fingerprint density at radius 3 is 2.55 bits per heavy atom. The maximum Gasteiger partial charge on any atom is 0.253 e. The van der Waals surface area contributed by atoms with E-state index in [2.05, 4.69) is 15.3 Å². The van der Waals surface area contributed by atoms with E-state index in [1.807, 2.05) is 41.0 Å². The lowest BCUT2D eigenvalue weighted by Crippen LogP contribution is -2.31. The number of hydrogen-bond donors (Lipinski definition) is 1. The average Bonchev–Trinajstić information content (AvgIpc) is 3.31. The van der Waals surface area contributed by atoms with Gasteiger partial charge in [-0.1, -0.05) is 18.2 Å². The van der Waals surface area contributed by atoms with Gasteiger partial charge in [0.25, 0.3) is 5.91 Å². The molecule has 0 saturated heterocycles. The number of aromatic nitrogens is 3. The summed E-state index contributed by atoms with van der Waals surface area (Å²) in [6, 6.07) is 17.3. The Morgan fingerprint density at radius 2 is 1.82 bits per heavy atom. The van der Waals surface area contributed by atoms with Crippen LogP contribution in [0.25, 0.3) is 11.0 Å². The van der Waals surface area contributed by atoms with Crippen molar-refractivity contribution in [1.82, 2.24) is 14.5 Å². The molecule has 1 aliphatic heterocycles. The third-order valence-corrected chi connectivity index (χ3v) is 5.70. The van der Waals surface area contributed by atoms with Gasteiger partial charge in [0.1, 0.15) is 6.04 Å². The summed E-state index contributed by atoms with van der Waals surface area (Å²) in [4.78, 5) is 48.2. The zero-order chi connectivity index (χ0) is 22.9. The molecule has 2 amide bonds.